The van der Waals surface area contributed by atoms with Gasteiger partial charge in [0.25, 0.3) is 0 Å². The van der Waals surface area contributed by atoms with Gasteiger partial charge in [-0.15, -0.1) is 0 Å². The number of halogens is 2. The average molecular weight is 492 g/mol. The number of hydrogen-bond acceptors (Lipinski definition) is 3. The summed E-state index contributed by atoms with van der Waals surface area (Å²) in [5.41, 5.74) is 0.721. The standard InChI is InChI=1S/C21H14FIO3S/c22-17-13-11-16(12-14-17)20(24)21(19(23)15-7-3-1-4-8-15)27(25,26)18-9-5-2-6-10-18/h1-14H/b21-19+. The molecule has 6 heteroatoms. The second kappa shape index (κ2) is 8.14. The fourth-order valence-electron chi connectivity index (χ4n) is 2.51. The first-order valence-electron chi connectivity index (χ1n) is 7.97. The lowest BCUT2D eigenvalue weighted by atomic mass is 10.1. The molecule has 3 aromatic carbocycles. The summed E-state index contributed by atoms with van der Waals surface area (Å²) in [5, 5.41) is 0. The molecule has 0 spiro atoms. The monoisotopic (exact) mass is 492 g/mol. The zero-order valence-corrected chi connectivity index (χ0v) is 16.9. The molecule has 0 heterocycles. The second-order valence-corrected chi connectivity index (χ2v) is 8.63. The van der Waals surface area contributed by atoms with E-state index >= 15 is 0 Å². The van der Waals surface area contributed by atoms with Crippen molar-refractivity contribution in [1.82, 2.24) is 0 Å². The van der Waals surface area contributed by atoms with Crippen molar-refractivity contribution in [1.29, 1.82) is 0 Å². The summed E-state index contributed by atoms with van der Waals surface area (Å²) < 4.78 is 40.1. The number of rotatable bonds is 5. The van der Waals surface area contributed by atoms with E-state index in [9.17, 15) is 17.6 Å². The van der Waals surface area contributed by atoms with Gasteiger partial charge < -0.3 is 0 Å². The molecule has 0 aromatic heterocycles. The zero-order valence-electron chi connectivity index (χ0n) is 14.0. The number of sulfone groups is 1. The molecule has 0 atom stereocenters. The third kappa shape index (κ3) is 4.17. The van der Waals surface area contributed by atoms with Gasteiger partial charge in [-0.3, -0.25) is 4.79 Å². The van der Waals surface area contributed by atoms with Crippen LogP contribution in [0.1, 0.15) is 15.9 Å². The number of ketones is 1. The van der Waals surface area contributed by atoms with E-state index in [1.165, 1.54) is 24.3 Å². The molecule has 0 aliphatic heterocycles. The number of carbonyl (C=O) groups excluding carboxylic acids is 1. The minimum atomic E-state index is -4.08. The minimum absolute atomic E-state index is 0.0283. The molecular formula is C21H14FIO3S. The van der Waals surface area contributed by atoms with Gasteiger partial charge in [-0.05, 0) is 64.6 Å². The number of hydrogen-bond donors (Lipinski definition) is 0. The smallest absolute Gasteiger partial charge is 0.211 e. The van der Waals surface area contributed by atoms with Gasteiger partial charge in [0.15, 0.2) is 0 Å². The van der Waals surface area contributed by atoms with Gasteiger partial charge in [0.2, 0.25) is 15.6 Å². The van der Waals surface area contributed by atoms with Crippen LogP contribution in [0.15, 0.2) is 94.7 Å². The van der Waals surface area contributed by atoms with Crippen LogP contribution in [0, 0.1) is 5.82 Å². The molecule has 0 radical (unpaired) electrons. The molecule has 0 bridgehead atoms. The molecule has 3 nitrogen and oxygen atoms in total. The first-order chi connectivity index (χ1) is 12.9. The Kier molecular flexibility index (Phi) is 5.86. The summed E-state index contributed by atoms with van der Waals surface area (Å²) in [7, 11) is -4.08. The Balaban J connectivity index is 2.24. The minimum Gasteiger partial charge on any atom is -0.288 e. The van der Waals surface area contributed by atoms with Gasteiger partial charge in [0.05, 0.1) is 4.90 Å². The maximum Gasteiger partial charge on any atom is 0.211 e. The molecule has 0 saturated heterocycles. The van der Waals surface area contributed by atoms with Gasteiger partial charge in [-0.25, -0.2) is 12.8 Å². The lowest BCUT2D eigenvalue weighted by Crippen LogP contribution is -2.16. The molecule has 136 valence electrons. The highest BCUT2D eigenvalue weighted by atomic mass is 127. The Labute approximate surface area is 170 Å². The Bertz CT molecular complexity index is 1090. The number of benzene rings is 3. The average Bonchev–Trinajstić information content (AvgIpc) is 2.69. The Morgan fingerprint density at radius 3 is 1.81 bits per heavy atom. The van der Waals surface area contributed by atoms with Crippen LogP contribution >= 0.6 is 22.6 Å². The molecular weight excluding hydrogens is 478 g/mol. The topological polar surface area (TPSA) is 51.2 Å². The Hall–Kier alpha value is -2.32. The highest BCUT2D eigenvalue weighted by Crippen LogP contribution is 2.34. The molecule has 3 rings (SSSR count). The van der Waals surface area contributed by atoms with Crippen molar-refractivity contribution in [3.63, 3.8) is 0 Å². The highest BCUT2D eigenvalue weighted by molar-refractivity contribution is 14.1. The second-order valence-electron chi connectivity index (χ2n) is 5.66. The van der Waals surface area contributed by atoms with Crippen LogP contribution < -0.4 is 0 Å². The van der Waals surface area contributed by atoms with E-state index in [-0.39, 0.29) is 15.4 Å². The van der Waals surface area contributed by atoms with E-state index in [2.05, 4.69) is 0 Å². The van der Waals surface area contributed by atoms with Crippen molar-refractivity contribution in [3.8, 4) is 0 Å². The predicted molar refractivity (Wildman–Crippen MR) is 112 cm³/mol. The van der Waals surface area contributed by atoms with Crippen LogP contribution in [0.5, 0.6) is 0 Å². The van der Waals surface area contributed by atoms with Crippen molar-refractivity contribution < 1.29 is 17.6 Å². The summed E-state index contributed by atoms with van der Waals surface area (Å²) in [6, 6.07) is 21.4. The lowest BCUT2D eigenvalue weighted by Gasteiger charge is -2.12. The normalized spacial score (nSPS) is 12.4. The van der Waals surface area contributed by atoms with Crippen LogP contribution in [0.3, 0.4) is 0 Å². The first-order valence-corrected chi connectivity index (χ1v) is 10.5. The van der Waals surface area contributed by atoms with E-state index in [4.69, 9.17) is 0 Å². The molecule has 0 unspecified atom stereocenters. The third-order valence-corrected chi connectivity index (χ3v) is 7.21. The van der Waals surface area contributed by atoms with Crippen LogP contribution in [-0.4, -0.2) is 14.2 Å². The van der Waals surface area contributed by atoms with Crippen molar-refractivity contribution in [2.75, 3.05) is 0 Å². The molecule has 0 fully saturated rings. The molecule has 0 saturated carbocycles. The van der Waals surface area contributed by atoms with Crippen molar-refractivity contribution in [2.45, 2.75) is 4.90 Å². The predicted octanol–water partition coefficient (Wildman–Crippen LogP) is 5.29. The van der Waals surface area contributed by atoms with Crippen LogP contribution in [-0.2, 0) is 9.84 Å². The van der Waals surface area contributed by atoms with Crippen LogP contribution in [0.4, 0.5) is 4.39 Å². The van der Waals surface area contributed by atoms with Gasteiger partial charge in [-0.1, -0.05) is 48.5 Å². The quantitative estimate of drug-likeness (QED) is 0.277. The van der Waals surface area contributed by atoms with Crippen molar-refractivity contribution in [3.05, 3.63) is 107 Å². The molecule has 0 amide bonds. The fourth-order valence-corrected chi connectivity index (χ4v) is 5.45. The number of Topliss-reactive ketones (excluding diaryl/α,β-unsaturated/α-hetero) is 1. The highest BCUT2D eigenvalue weighted by Gasteiger charge is 2.31. The van der Waals surface area contributed by atoms with Gasteiger partial charge >= 0.3 is 0 Å². The van der Waals surface area contributed by atoms with Gasteiger partial charge in [-0.2, -0.15) is 0 Å². The maximum atomic E-state index is 13.3. The SMILES string of the molecule is O=C(/C(=C(\I)c1ccccc1)S(=O)(=O)c1ccccc1)c1ccc(F)cc1. The van der Waals surface area contributed by atoms with Gasteiger partial charge in [0, 0.05) is 9.14 Å². The molecule has 0 N–H and O–H groups in total. The third-order valence-electron chi connectivity index (χ3n) is 3.86. The summed E-state index contributed by atoms with van der Waals surface area (Å²) in [4.78, 5) is 12.8. The van der Waals surface area contributed by atoms with E-state index < -0.39 is 21.4 Å². The summed E-state index contributed by atoms with van der Waals surface area (Å²) in [5.74, 6) is -1.17. The van der Waals surface area contributed by atoms with Crippen LogP contribution in [0.2, 0.25) is 0 Å². The fraction of sp³-hybridized carbons (Fsp3) is 0. The van der Waals surface area contributed by atoms with E-state index in [1.807, 2.05) is 22.6 Å². The molecule has 0 aliphatic carbocycles. The number of allylic oxidation sites excluding steroid dienone is 1. The molecule has 3 aromatic rings. The molecule has 0 aliphatic rings. The Morgan fingerprint density at radius 1 is 0.741 bits per heavy atom. The maximum absolute atomic E-state index is 13.3. The lowest BCUT2D eigenvalue weighted by molar-refractivity contribution is 0.104. The van der Waals surface area contributed by atoms with Crippen molar-refractivity contribution in [2.24, 2.45) is 0 Å². The van der Waals surface area contributed by atoms with Gasteiger partial charge in [0.1, 0.15) is 10.7 Å². The zero-order chi connectivity index (χ0) is 19.4. The van der Waals surface area contributed by atoms with E-state index in [0.29, 0.717) is 9.14 Å². The number of carbonyl (C=O) groups is 1. The molecule has 27 heavy (non-hydrogen) atoms. The van der Waals surface area contributed by atoms with Crippen molar-refractivity contribution >= 4 is 41.8 Å². The largest absolute Gasteiger partial charge is 0.288 e. The van der Waals surface area contributed by atoms with E-state index in [1.54, 1.807) is 48.5 Å². The summed E-state index contributed by atoms with van der Waals surface area (Å²) in [6.07, 6.45) is 0. The van der Waals surface area contributed by atoms with E-state index in [0.717, 1.165) is 12.1 Å². The first kappa shape index (κ1) is 19.4. The van der Waals surface area contributed by atoms with Crippen LogP contribution in [0.25, 0.3) is 3.58 Å². The summed E-state index contributed by atoms with van der Waals surface area (Å²) >= 11 is 1.88. The summed E-state index contributed by atoms with van der Waals surface area (Å²) in [6.45, 7) is 0. The Morgan fingerprint density at radius 2 is 1.26 bits per heavy atom.